The Morgan fingerprint density at radius 2 is 1.77 bits per heavy atom. The van der Waals surface area contributed by atoms with Gasteiger partial charge in [0.1, 0.15) is 0 Å². The molecule has 0 saturated heterocycles. The number of hydrogen-bond donors (Lipinski definition) is 1. The zero-order chi connectivity index (χ0) is 28.0. The van der Waals surface area contributed by atoms with Crippen LogP contribution in [-0.4, -0.2) is 14.3 Å². The molecule has 4 nitrogen and oxygen atoms in total. The molecule has 4 aliphatic rings. The van der Waals surface area contributed by atoms with Gasteiger partial charge in [0.2, 0.25) is 5.91 Å². The average molecular weight is 556 g/mol. The van der Waals surface area contributed by atoms with Crippen LogP contribution in [0.4, 0.5) is 0 Å². The van der Waals surface area contributed by atoms with Crippen molar-refractivity contribution < 1.29 is 13.2 Å². The molecule has 5 heteroatoms. The summed E-state index contributed by atoms with van der Waals surface area (Å²) in [6, 6.07) is 6.89. The van der Waals surface area contributed by atoms with Crippen LogP contribution < -0.4 is 4.72 Å². The number of carbonyl (C=O) groups is 1. The fraction of sp³-hybridized carbons (Fsp3) is 0.794. The summed E-state index contributed by atoms with van der Waals surface area (Å²) in [5.74, 6) is 5.12. The zero-order valence-electron chi connectivity index (χ0n) is 25.2. The number of nitrogens with one attached hydrogen (secondary N) is 1. The van der Waals surface area contributed by atoms with Crippen LogP contribution in [0.5, 0.6) is 0 Å². The van der Waals surface area contributed by atoms with Crippen molar-refractivity contribution in [3.63, 3.8) is 0 Å². The van der Waals surface area contributed by atoms with Crippen LogP contribution in [0, 0.1) is 52.3 Å². The molecule has 1 aromatic rings. The molecule has 0 bridgehead atoms. The lowest BCUT2D eigenvalue weighted by Gasteiger charge is -2.63. The van der Waals surface area contributed by atoms with Gasteiger partial charge in [-0.05, 0) is 128 Å². The molecule has 0 radical (unpaired) electrons. The summed E-state index contributed by atoms with van der Waals surface area (Å²) in [4.78, 5) is 13.0. The molecule has 0 heterocycles. The Bertz CT molecular complexity index is 1150. The van der Waals surface area contributed by atoms with E-state index in [1.807, 2.05) is 13.0 Å². The summed E-state index contributed by atoms with van der Waals surface area (Å²) in [5, 5.41) is 0. The van der Waals surface area contributed by atoms with Crippen LogP contribution >= 0.6 is 0 Å². The molecule has 1 aromatic carbocycles. The molecule has 0 aliphatic heterocycles. The van der Waals surface area contributed by atoms with E-state index in [1.165, 1.54) is 64.2 Å². The van der Waals surface area contributed by atoms with Gasteiger partial charge in [-0.3, -0.25) is 4.79 Å². The number of amides is 1. The quantitative estimate of drug-likeness (QED) is 0.352. The number of carbonyl (C=O) groups excluding carboxylic acids is 1. The first-order chi connectivity index (χ1) is 18.5. The fourth-order valence-corrected chi connectivity index (χ4v) is 11.8. The minimum absolute atomic E-state index is 0.179. The van der Waals surface area contributed by atoms with Crippen LogP contribution in [0.25, 0.3) is 0 Å². The average Bonchev–Trinajstić information content (AvgIpc) is 3.28. The van der Waals surface area contributed by atoms with Crippen molar-refractivity contribution in [1.82, 2.24) is 4.72 Å². The standard InChI is InChI=1S/C34H53NO3S/c1-6-24-11-10-12-26(21-24)39(37,38)35-32(36)17-14-23(3)28-15-16-30-27-22-25(7-2)29-13-8-9-19-33(29,4)31(27)18-20-34(28,30)5/h10-12,21,23,25,27-31H,6-9,13-20,22H2,1-5H3,(H,35,36)/t23-,25+,27?,28-,29+,30?,31?,33+,34-/m1/s1. The molecule has 39 heavy (non-hydrogen) atoms. The van der Waals surface area contributed by atoms with Gasteiger partial charge in [0.15, 0.2) is 0 Å². The highest BCUT2D eigenvalue weighted by atomic mass is 32.2. The van der Waals surface area contributed by atoms with E-state index in [0.717, 1.165) is 48.0 Å². The highest BCUT2D eigenvalue weighted by molar-refractivity contribution is 7.90. The van der Waals surface area contributed by atoms with Crippen molar-refractivity contribution in [2.45, 2.75) is 123 Å². The van der Waals surface area contributed by atoms with Gasteiger partial charge in [-0.1, -0.05) is 66.0 Å². The molecule has 218 valence electrons. The third-order valence-electron chi connectivity index (χ3n) is 12.7. The monoisotopic (exact) mass is 555 g/mol. The topological polar surface area (TPSA) is 63.2 Å². The van der Waals surface area contributed by atoms with Crippen molar-refractivity contribution in [3.8, 4) is 0 Å². The first-order valence-corrected chi connectivity index (χ1v) is 17.7. The number of benzene rings is 1. The van der Waals surface area contributed by atoms with Crippen molar-refractivity contribution in [1.29, 1.82) is 0 Å². The Labute approximate surface area is 238 Å². The summed E-state index contributed by atoms with van der Waals surface area (Å²) < 4.78 is 28.0. The molecule has 4 aliphatic carbocycles. The van der Waals surface area contributed by atoms with Crippen LogP contribution in [0.2, 0.25) is 0 Å². The van der Waals surface area contributed by atoms with Crippen molar-refractivity contribution in [2.75, 3.05) is 0 Å². The SMILES string of the molecule is CCc1cccc(S(=O)(=O)NC(=O)CC[C@@H](C)[C@H]2CCC3C4C[C@H](CC)[C@@H]5CCCC[C@]5(C)C4CC[C@@]32C)c1. The molecule has 5 rings (SSSR count). The molecule has 0 aromatic heterocycles. The minimum atomic E-state index is -3.83. The number of rotatable bonds is 8. The van der Waals surface area contributed by atoms with E-state index in [-0.39, 0.29) is 17.2 Å². The van der Waals surface area contributed by atoms with E-state index >= 15 is 0 Å². The fourth-order valence-electron chi connectivity index (χ4n) is 10.7. The van der Waals surface area contributed by atoms with Gasteiger partial charge >= 0.3 is 0 Å². The Hall–Kier alpha value is -1.36. The molecule has 1 amide bonds. The van der Waals surface area contributed by atoms with Gasteiger partial charge in [-0.25, -0.2) is 13.1 Å². The molecule has 4 saturated carbocycles. The van der Waals surface area contributed by atoms with Crippen LogP contribution in [0.15, 0.2) is 29.2 Å². The smallest absolute Gasteiger partial charge is 0.264 e. The molecular weight excluding hydrogens is 502 g/mol. The first kappa shape index (κ1) is 29.1. The van der Waals surface area contributed by atoms with Crippen LogP contribution in [0.3, 0.4) is 0 Å². The third-order valence-corrected chi connectivity index (χ3v) is 14.1. The number of aryl methyl sites for hydroxylation is 1. The normalized spacial score (nSPS) is 38.8. The summed E-state index contributed by atoms with van der Waals surface area (Å²) in [6.45, 7) is 12.0. The van der Waals surface area contributed by atoms with Gasteiger partial charge < -0.3 is 0 Å². The maximum absolute atomic E-state index is 12.8. The lowest BCUT2D eigenvalue weighted by atomic mass is 9.42. The maximum atomic E-state index is 12.8. The lowest BCUT2D eigenvalue weighted by molar-refractivity contribution is -0.138. The van der Waals surface area contributed by atoms with Gasteiger partial charge in [-0.2, -0.15) is 0 Å². The summed E-state index contributed by atoms with van der Waals surface area (Å²) in [6.07, 6.45) is 15.7. The minimum Gasteiger partial charge on any atom is -0.274 e. The largest absolute Gasteiger partial charge is 0.274 e. The predicted molar refractivity (Wildman–Crippen MR) is 159 cm³/mol. The number of sulfonamides is 1. The molecule has 0 spiro atoms. The number of hydrogen-bond acceptors (Lipinski definition) is 3. The van der Waals surface area contributed by atoms with Gasteiger partial charge in [0, 0.05) is 6.42 Å². The highest BCUT2D eigenvalue weighted by Crippen LogP contribution is 2.69. The predicted octanol–water partition coefficient (Wildman–Crippen LogP) is 8.16. The Morgan fingerprint density at radius 3 is 2.51 bits per heavy atom. The zero-order valence-corrected chi connectivity index (χ0v) is 26.0. The summed E-state index contributed by atoms with van der Waals surface area (Å²) in [7, 11) is -3.83. The van der Waals surface area contributed by atoms with Crippen molar-refractivity contribution >= 4 is 15.9 Å². The van der Waals surface area contributed by atoms with Gasteiger partial charge in [0.25, 0.3) is 10.0 Å². The second-order valence-electron chi connectivity index (χ2n) is 14.4. The Balaban J connectivity index is 1.23. The van der Waals surface area contributed by atoms with E-state index in [1.54, 1.807) is 18.2 Å². The Kier molecular flexibility index (Phi) is 8.32. The second-order valence-corrected chi connectivity index (χ2v) is 16.1. The highest BCUT2D eigenvalue weighted by Gasteiger charge is 2.61. The molecule has 1 N–H and O–H groups in total. The lowest BCUT2D eigenvalue weighted by Crippen LogP contribution is -2.55. The third kappa shape index (κ3) is 5.24. The first-order valence-electron chi connectivity index (χ1n) is 16.2. The van der Waals surface area contributed by atoms with Crippen LogP contribution in [-0.2, 0) is 21.2 Å². The van der Waals surface area contributed by atoms with Gasteiger partial charge in [-0.15, -0.1) is 0 Å². The number of fused-ring (bicyclic) bond motifs is 5. The summed E-state index contributed by atoms with van der Waals surface area (Å²) >= 11 is 0. The van der Waals surface area contributed by atoms with Crippen molar-refractivity contribution in [2.24, 2.45) is 52.3 Å². The molecule has 9 atom stereocenters. The van der Waals surface area contributed by atoms with E-state index in [2.05, 4.69) is 32.4 Å². The van der Waals surface area contributed by atoms with Crippen molar-refractivity contribution in [3.05, 3.63) is 29.8 Å². The van der Waals surface area contributed by atoms with E-state index in [9.17, 15) is 13.2 Å². The van der Waals surface area contributed by atoms with Crippen LogP contribution in [0.1, 0.15) is 117 Å². The van der Waals surface area contributed by atoms with E-state index in [0.29, 0.717) is 22.7 Å². The molecular formula is C34H53NO3S. The molecule has 4 fully saturated rings. The van der Waals surface area contributed by atoms with E-state index < -0.39 is 10.0 Å². The summed E-state index contributed by atoms with van der Waals surface area (Å²) in [5.41, 5.74) is 1.86. The van der Waals surface area contributed by atoms with Gasteiger partial charge in [0.05, 0.1) is 4.90 Å². The van der Waals surface area contributed by atoms with E-state index in [4.69, 9.17) is 0 Å². The Morgan fingerprint density at radius 1 is 1.00 bits per heavy atom. The molecule has 3 unspecified atom stereocenters. The maximum Gasteiger partial charge on any atom is 0.264 e. The second kappa shape index (κ2) is 11.1.